The van der Waals surface area contributed by atoms with E-state index < -0.39 is 6.29 Å². The third-order valence-corrected chi connectivity index (χ3v) is 6.38. The fourth-order valence-electron chi connectivity index (χ4n) is 3.93. The summed E-state index contributed by atoms with van der Waals surface area (Å²) in [5, 5.41) is 17.0. The highest BCUT2D eigenvalue weighted by atomic mass is 32.1. The minimum atomic E-state index is -0.547. The number of allylic oxidation sites excluding steroid dienone is 1. The van der Waals surface area contributed by atoms with Crippen molar-refractivity contribution in [1.29, 1.82) is 0 Å². The van der Waals surface area contributed by atoms with Crippen LogP contribution in [0, 0.1) is 0 Å². The standard InChI is InChI=1S/C25H30N2O6S/c1-30-20-2-3-22-21(14-20)17(15-27-22)4-6-26-25(29)23-12-19(18-5-11-34-16-18)13-24(33-23)32-10-9-31-8-7-28/h2-3,5,11-12,14-16,19,24,27-28H,4,6-10,13H2,1H3,(H,26,29). The number of amides is 1. The van der Waals surface area contributed by atoms with Crippen molar-refractivity contribution in [3.05, 3.63) is 64.2 Å². The second-order valence-electron chi connectivity index (χ2n) is 7.92. The Labute approximate surface area is 202 Å². The molecule has 182 valence electrons. The SMILES string of the molecule is COc1ccc2[nH]cc(CCNC(=O)C3=CC(c4ccsc4)CC(OCCOCCO)O3)c2c1. The summed E-state index contributed by atoms with van der Waals surface area (Å²) in [6, 6.07) is 7.95. The van der Waals surface area contributed by atoms with E-state index in [2.05, 4.69) is 21.7 Å². The van der Waals surface area contributed by atoms with Gasteiger partial charge in [0.1, 0.15) is 5.75 Å². The number of hydrogen-bond acceptors (Lipinski definition) is 7. The summed E-state index contributed by atoms with van der Waals surface area (Å²) in [5.41, 5.74) is 3.27. The van der Waals surface area contributed by atoms with Crippen LogP contribution in [0.15, 0.2) is 53.1 Å². The van der Waals surface area contributed by atoms with Gasteiger partial charge < -0.3 is 34.4 Å². The minimum Gasteiger partial charge on any atom is -0.497 e. The molecule has 3 N–H and O–H groups in total. The van der Waals surface area contributed by atoms with E-state index >= 15 is 0 Å². The average Bonchev–Trinajstić information content (AvgIpc) is 3.54. The monoisotopic (exact) mass is 486 g/mol. The molecule has 34 heavy (non-hydrogen) atoms. The number of aromatic nitrogens is 1. The second kappa shape index (κ2) is 12.0. The van der Waals surface area contributed by atoms with Gasteiger partial charge in [0.25, 0.3) is 5.91 Å². The van der Waals surface area contributed by atoms with Crippen LogP contribution in [0.4, 0.5) is 0 Å². The number of aliphatic hydroxyl groups excluding tert-OH is 1. The zero-order chi connectivity index (χ0) is 23.8. The van der Waals surface area contributed by atoms with E-state index in [1.165, 1.54) is 0 Å². The van der Waals surface area contributed by atoms with Crippen molar-refractivity contribution in [2.75, 3.05) is 40.1 Å². The molecule has 1 aliphatic heterocycles. The van der Waals surface area contributed by atoms with Crippen LogP contribution < -0.4 is 10.1 Å². The van der Waals surface area contributed by atoms with Crippen molar-refractivity contribution in [3.8, 4) is 5.75 Å². The first kappa shape index (κ1) is 24.3. The van der Waals surface area contributed by atoms with Gasteiger partial charge >= 0.3 is 0 Å². The Hall–Kier alpha value is -2.85. The Morgan fingerprint density at radius 2 is 2.21 bits per heavy atom. The van der Waals surface area contributed by atoms with E-state index in [1.807, 2.05) is 35.9 Å². The Morgan fingerprint density at radius 3 is 3.00 bits per heavy atom. The molecule has 0 saturated heterocycles. The number of ether oxygens (including phenoxy) is 4. The van der Waals surface area contributed by atoms with Crippen LogP contribution in [-0.4, -0.2) is 62.4 Å². The molecule has 8 nitrogen and oxygen atoms in total. The topological polar surface area (TPSA) is 102 Å². The number of aromatic amines is 1. The molecule has 2 aromatic heterocycles. The lowest BCUT2D eigenvalue weighted by Crippen LogP contribution is -2.34. The summed E-state index contributed by atoms with van der Waals surface area (Å²) in [5.74, 6) is 0.836. The molecule has 0 bridgehead atoms. The van der Waals surface area contributed by atoms with Crippen molar-refractivity contribution in [2.45, 2.75) is 25.0 Å². The summed E-state index contributed by atoms with van der Waals surface area (Å²) >= 11 is 1.62. The lowest BCUT2D eigenvalue weighted by molar-refractivity contribution is -0.151. The van der Waals surface area contributed by atoms with Crippen LogP contribution in [0.25, 0.3) is 10.9 Å². The third kappa shape index (κ3) is 6.18. The molecule has 2 atom stereocenters. The molecule has 4 rings (SSSR count). The Balaban J connectivity index is 1.36. The number of carbonyl (C=O) groups excluding carboxylic acids is 1. The number of benzene rings is 1. The molecule has 3 heterocycles. The van der Waals surface area contributed by atoms with Gasteiger partial charge in [-0.2, -0.15) is 11.3 Å². The number of nitrogens with one attached hydrogen (secondary N) is 2. The van der Waals surface area contributed by atoms with Crippen molar-refractivity contribution >= 4 is 28.1 Å². The normalized spacial score (nSPS) is 17.9. The summed E-state index contributed by atoms with van der Waals surface area (Å²) in [6.07, 6.45) is 4.57. The van der Waals surface area contributed by atoms with Crippen LogP contribution in [-0.2, 0) is 25.4 Å². The molecule has 0 radical (unpaired) electrons. The summed E-state index contributed by atoms with van der Waals surface area (Å²) < 4.78 is 22.3. The van der Waals surface area contributed by atoms with Gasteiger partial charge in [-0.15, -0.1) is 0 Å². The van der Waals surface area contributed by atoms with Crippen LogP contribution in [0.1, 0.15) is 23.5 Å². The van der Waals surface area contributed by atoms with E-state index in [0.29, 0.717) is 32.6 Å². The predicted octanol–water partition coefficient (Wildman–Crippen LogP) is 3.34. The highest BCUT2D eigenvalue weighted by Crippen LogP contribution is 2.32. The van der Waals surface area contributed by atoms with E-state index in [9.17, 15) is 4.79 Å². The van der Waals surface area contributed by atoms with Gasteiger partial charge in [-0.1, -0.05) is 0 Å². The van der Waals surface area contributed by atoms with Crippen LogP contribution >= 0.6 is 11.3 Å². The molecular formula is C25H30N2O6S. The maximum atomic E-state index is 12.9. The Morgan fingerprint density at radius 1 is 1.29 bits per heavy atom. The largest absolute Gasteiger partial charge is 0.497 e. The van der Waals surface area contributed by atoms with Crippen molar-refractivity contribution in [1.82, 2.24) is 10.3 Å². The highest BCUT2D eigenvalue weighted by Gasteiger charge is 2.28. The van der Waals surface area contributed by atoms with Gasteiger partial charge in [0.05, 0.1) is 33.5 Å². The molecular weight excluding hydrogens is 456 g/mol. The predicted molar refractivity (Wildman–Crippen MR) is 130 cm³/mol. The molecule has 1 aliphatic rings. The van der Waals surface area contributed by atoms with E-state index in [-0.39, 0.29) is 30.8 Å². The number of fused-ring (bicyclic) bond motifs is 1. The van der Waals surface area contributed by atoms with Gasteiger partial charge in [-0.05, 0) is 58.6 Å². The lowest BCUT2D eigenvalue weighted by Gasteiger charge is -2.29. The van der Waals surface area contributed by atoms with E-state index in [0.717, 1.165) is 27.8 Å². The number of carbonyl (C=O) groups is 1. The number of hydrogen-bond donors (Lipinski definition) is 3. The number of thiophene rings is 1. The molecule has 2 unspecified atom stereocenters. The molecule has 1 amide bonds. The van der Waals surface area contributed by atoms with Crippen molar-refractivity contribution < 1.29 is 28.8 Å². The molecule has 9 heteroatoms. The zero-order valence-electron chi connectivity index (χ0n) is 19.1. The van der Waals surface area contributed by atoms with Gasteiger partial charge in [0, 0.05) is 36.0 Å². The maximum absolute atomic E-state index is 12.9. The van der Waals surface area contributed by atoms with Crippen LogP contribution in [0.3, 0.4) is 0 Å². The average molecular weight is 487 g/mol. The van der Waals surface area contributed by atoms with Gasteiger partial charge in [0.15, 0.2) is 5.76 Å². The molecule has 1 aromatic carbocycles. The third-order valence-electron chi connectivity index (χ3n) is 5.67. The molecule has 0 spiro atoms. The molecule has 0 fully saturated rings. The van der Waals surface area contributed by atoms with E-state index in [4.69, 9.17) is 24.1 Å². The highest BCUT2D eigenvalue weighted by molar-refractivity contribution is 7.08. The first-order valence-corrected chi connectivity index (χ1v) is 12.2. The summed E-state index contributed by atoms with van der Waals surface area (Å²) in [7, 11) is 1.65. The van der Waals surface area contributed by atoms with Crippen LogP contribution in [0.2, 0.25) is 0 Å². The zero-order valence-corrected chi connectivity index (χ0v) is 19.9. The fourth-order valence-corrected chi connectivity index (χ4v) is 4.66. The minimum absolute atomic E-state index is 0.0285. The van der Waals surface area contributed by atoms with Crippen molar-refractivity contribution in [3.63, 3.8) is 0 Å². The van der Waals surface area contributed by atoms with Crippen LogP contribution in [0.5, 0.6) is 5.75 Å². The number of H-pyrrole nitrogens is 1. The van der Waals surface area contributed by atoms with Gasteiger partial charge in [-0.3, -0.25) is 4.79 Å². The molecule has 0 saturated carbocycles. The number of methoxy groups -OCH3 is 1. The maximum Gasteiger partial charge on any atom is 0.286 e. The summed E-state index contributed by atoms with van der Waals surface area (Å²) in [4.78, 5) is 16.2. The van der Waals surface area contributed by atoms with Crippen molar-refractivity contribution in [2.24, 2.45) is 0 Å². The fraction of sp³-hybridized carbons (Fsp3) is 0.400. The van der Waals surface area contributed by atoms with Gasteiger partial charge in [0.2, 0.25) is 6.29 Å². The lowest BCUT2D eigenvalue weighted by atomic mass is 9.95. The molecule has 0 aliphatic carbocycles. The smallest absolute Gasteiger partial charge is 0.286 e. The molecule has 3 aromatic rings. The summed E-state index contributed by atoms with van der Waals surface area (Å²) in [6.45, 7) is 1.37. The number of aliphatic hydroxyl groups is 1. The number of rotatable bonds is 12. The second-order valence-corrected chi connectivity index (χ2v) is 8.70. The van der Waals surface area contributed by atoms with E-state index in [1.54, 1.807) is 18.4 Å². The quantitative estimate of drug-likeness (QED) is 0.340. The van der Waals surface area contributed by atoms with Gasteiger partial charge in [-0.25, -0.2) is 0 Å². The Kier molecular flexibility index (Phi) is 8.59. The first-order chi connectivity index (χ1) is 16.7. The first-order valence-electron chi connectivity index (χ1n) is 11.3. The Bertz CT molecular complexity index is 1090.